The lowest BCUT2D eigenvalue weighted by molar-refractivity contribution is -0.302. The van der Waals surface area contributed by atoms with Crippen LogP contribution in [0.5, 0.6) is 0 Å². The fraction of sp³-hybridized carbons (Fsp3) is 0.717. The molecule has 14 atom stereocenters. The number of ketones is 2. The minimum absolute atomic E-state index is 0.0188. The zero-order chi connectivity index (χ0) is 49.9. The molecule has 2 bridgehead atoms. The number of carbonyl (C=O) groups excluding carboxylic acids is 5. The van der Waals surface area contributed by atoms with Gasteiger partial charge in [0.2, 0.25) is 11.7 Å². The first-order valence-electron chi connectivity index (χ1n) is 24.9. The van der Waals surface area contributed by atoms with Crippen LogP contribution in [0.2, 0.25) is 0 Å². The molecule has 3 heterocycles. The Morgan fingerprint density at radius 3 is 2.25 bits per heavy atom. The zero-order valence-corrected chi connectivity index (χ0v) is 42.2. The van der Waals surface area contributed by atoms with Gasteiger partial charge >= 0.3 is 5.97 Å². The summed E-state index contributed by atoms with van der Waals surface area (Å²) in [5, 5.41) is 24.0. The largest absolute Gasteiger partial charge is 0.456 e. The fourth-order valence-electron chi connectivity index (χ4n) is 10.8. The number of carbonyl (C=O) groups is 5. The summed E-state index contributed by atoms with van der Waals surface area (Å²) in [7, 11) is 6.43. The lowest BCUT2D eigenvalue weighted by Crippen LogP contribution is -2.64. The average molecular weight is 953 g/mol. The highest BCUT2D eigenvalue weighted by Crippen LogP contribution is 2.39. The number of benzene rings is 1. The van der Waals surface area contributed by atoms with Gasteiger partial charge in [0, 0.05) is 65.6 Å². The number of piperidine rings is 1. The topological polar surface area (TPSA) is 188 Å². The van der Waals surface area contributed by atoms with Crippen LogP contribution in [0.3, 0.4) is 0 Å². The number of Topliss-reactive ketones (excluding diaryl/α,β-unsaturated/α-hetero) is 2. The van der Waals surface area contributed by atoms with E-state index in [0.717, 1.165) is 11.1 Å². The molecule has 4 aliphatic rings. The lowest BCUT2D eigenvalue weighted by Gasteiger charge is -2.47. The first-order chi connectivity index (χ1) is 32.3. The Morgan fingerprint density at radius 2 is 1.59 bits per heavy atom. The second-order valence-electron chi connectivity index (χ2n) is 20.2. The summed E-state index contributed by atoms with van der Waals surface area (Å²) >= 11 is 0. The van der Waals surface area contributed by atoms with E-state index in [1.54, 1.807) is 32.9 Å². The van der Waals surface area contributed by atoms with Crippen molar-refractivity contribution in [3.8, 4) is 0 Å². The molecule has 0 spiro atoms. The summed E-state index contributed by atoms with van der Waals surface area (Å²) in [5.41, 5.74) is 2.66. The molecule has 1 unspecified atom stereocenters. The second kappa shape index (κ2) is 25.3. The van der Waals surface area contributed by atoms with Crippen molar-refractivity contribution in [1.29, 1.82) is 0 Å². The highest BCUT2D eigenvalue weighted by atomic mass is 16.7. The third-order valence-electron chi connectivity index (χ3n) is 15.0. The van der Waals surface area contributed by atoms with Gasteiger partial charge in [-0.05, 0) is 101 Å². The quantitative estimate of drug-likeness (QED) is 0.146. The summed E-state index contributed by atoms with van der Waals surface area (Å²) in [5.74, 6) is -7.85. The smallest absolute Gasteiger partial charge is 0.329 e. The van der Waals surface area contributed by atoms with Crippen LogP contribution in [0, 0.1) is 29.6 Å². The predicted octanol–water partition coefficient (Wildman–Crippen LogP) is 6.16. The molecule has 15 heteroatoms. The first kappa shape index (κ1) is 55.1. The molecule has 1 aromatic carbocycles. The van der Waals surface area contributed by atoms with Gasteiger partial charge in [-0.3, -0.25) is 19.2 Å². The van der Waals surface area contributed by atoms with E-state index in [-0.39, 0.29) is 68.1 Å². The number of nitrogens with zero attached hydrogens (tertiary/aromatic N) is 2. The molecule has 68 heavy (non-hydrogen) atoms. The third kappa shape index (κ3) is 13.7. The van der Waals surface area contributed by atoms with E-state index in [1.807, 2.05) is 63.3 Å². The van der Waals surface area contributed by atoms with Crippen LogP contribution in [0.25, 0.3) is 0 Å². The van der Waals surface area contributed by atoms with E-state index in [4.69, 9.17) is 28.4 Å². The summed E-state index contributed by atoms with van der Waals surface area (Å²) in [6.45, 7) is 11.6. The maximum atomic E-state index is 14.5. The molecule has 5 rings (SSSR count). The number of hydrogen-bond donors (Lipinski definition) is 2. The summed E-state index contributed by atoms with van der Waals surface area (Å²) in [6, 6.07) is 8.58. The first-order valence-corrected chi connectivity index (χ1v) is 24.9. The van der Waals surface area contributed by atoms with Crippen LogP contribution < -0.4 is 0 Å². The van der Waals surface area contributed by atoms with Gasteiger partial charge in [0.1, 0.15) is 30.6 Å². The Morgan fingerprint density at radius 1 is 0.912 bits per heavy atom. The van der Waals surface area contributed by atoms with Gasteiger partial charge in [0.15, 0.2) is 0 Å². The van der Waals surface area contributed by atoms with E-state index in [9.17, 15) is 34.2 Å². The number of cyclic esters (lactones) is 1. The van der Waals surface area contributed by atoms with Crippen molar-refractivity contribution in [2.75, 3.05) is 41.5 Å². The maximum Gasteiger partial charge on any atom is 0.329 e. The zero-order valence-electron chi connectivity index (χ0n) is 42.2. The lowest BCUT2D eigenvalue weighted by atomic mass is 9.81. The molecule has 0 aromatic heterocycles. The van der Waals surface area contributed by atoms with Gasteiger partial charge in [-0.25, -0.2) is 4.79 Å². The molecule has 1 aromatic rings. The molecule has 2 amide bonds. The maximum absolute atomic E-state index is 14.5. The van der Waals surface area contributed by atoms with Crippen molar-refractivity contribution in [3.05, 3.63) is 59.2 Å². The van der Waals surface area contributed by atoms with Crippen molar-refractivity contribution in [1.82, 2.24) is 9.80 Å². The standard InChI is InChI=1S/C53H80N2O13/c1-11-39-24-32(2)23-33(3)25-45(64-9)49-46(65-10)27-35(5)53(62,68-49)50(59)51(60)55-22-16-15-19-40(55)52(61)67-48(36(6)41(56)29-42(39)57)34(4)26-38-20-21-43(44(28-38)63-8)66-31-47(58)54(7)30-37-17-13-12-14-18-37/h12-14,17-18,24,26,33,35-36,38-41,43-46,48-49,56,62H,11,15-16,19-23,25,27-31H2,1-10H3/b32-24+,34-26+/t33-,35+,36+,38?,39+,40-,41-,43+,44+,45-,46-,48+,49+,53+/m0/s1. The number of esters is 1. The predicted molar refractivity (Wildman–Crippen MR) is 255 cm³/mol. The Kier molecular flexibility index (Phi) is 20.5. The average Bonchev–Trinajstić information content (AvgIpc) is 3.33. The van der Waals surface area contributed by atoms with E-state index >= 15 is 0 Å². The van der Waals surface area contributed by atoms with Gasteiger partial charge < -0.3 is 48.4 Å². The summed E-state index contributed by atoms with van der Waals surface area (Å²) in [6.07, 6.45) is 3.84. The van der Waals surface area contributed by atoms with Crippen LogP contribution in [-0.2, 0) is 58.9 Å². The number of aliphatic hydroxyl groups is 2. The number of allylic oxidation sites excluding steroid dienone is 3. The van der Waals surface area contributed by atoms with Crippen LogP contribution in [0.4, 0.5) is 0 Å². The van der Waals surface area contributed by atoms with Gasteiger partial charge in [0.05, 0.1) is 30.5 Å². The number of aliphatic hydroxyl groups excluding tert-OH is 1. The fourth-order valence-corrected chi connectivity index (χ4v) is 10.8. The van der Waals surface area contributed by atoms with E-state index in [2.05, 4.69) is 6.92 Å². The SMILES string of the molecule is CC[C@@H]1/C=C(\C)C[C@H](C)C[C@H](OC)[C@H]2O[C@@](O)(C(=O)C(=O)N3CCCC[C@H]3C(=O)O[C@H](/C(C)=C/C3CC[C@@H](OCC(=O)N(C)Cc4ccccc4)[C@H](OC)C3)[C@H](C)[C@@H](O)CC1=O)[C@H](C)C[C@@H]2OC. The molecule has 2 N–H and O–H groups in total. The molecule has 15 nitrogen and oxygen atoms in total. The minimum Gasteiger partial charge on any atom is -0.456 e. The molecule has 3 fully saturated rings. The van der Waals surface area contributed by atoms with Crippen LogP contribution >= 0.6 is 0 Å². The number of likely N-dealkylation sites (N-methyl/N-ethyl adjacent to an activating group) is 1. The van der Waals surface area contributed by atoms with E-state index < -0.39 is 77.8 Å². The number of methoxy groups -OCH3 is 3. The number of fused-ring (bicyclic) bond motifs is 3. The highest BCUT2D eigenvalue weighted by Gasteiger charge is 2.56. The number of rotatable bonds is 11. The van der Waals surface area contributed by atoms with Crippen molar-refractivity contribution >= 4 is 29.4 Å². The summed E-state index contributed by atoms with van der Waals surface area (Å²) in [4.78, 5) is 73.1. The number of hydrogen-bond acceptors (Lipinski definition) is 13. The molecule has 0 radical (unpaired) electrons. The van der Waals surface area contributed by atoms with Crippen LogP contribution in [0.1, 0.15) is 118 Å². The monoisotopic (exact) mass is 953 g/mol. The molecule has 2 saturated heterocycles. The third-order valence-corrected chi connectivity index (χ3v) is 15.0. The molecule has 1 saturated carbocycles. The minimum atomic E-state index is -2.52. The van der Waals surface area contributed by atoms with Crippen molar-refractivity contribution in [3.63, 3.8) is 0 Å². The van der Waals surface area contributed by atoms with E-state index in [1.165, 1.54) is 19.1 Å². The Balaban J connectivity index is 1.42. The molecular formula is C53H80N2O13. The van der Waals surface area contributed by atoms with Crippen molar-refractivity contribution in [2.45, 2.75) is 173 Å². The second-order valence-corrected chi connectivity index (χ2v) is 20.2. The molecule has 1 aliphatic carbocycles. The Bertz CT molecular complexity index is 1920. The van der Waals surface area contributed by atoms with Crippen LogP contribution in [0.15, 0.2) is 53.6 Å². The van der Waals surface area contributed by atoms with Gasteiger partial charge in [0.25, 0.3) is 11.7 Å². The molecule has 3 aliphatic heterocycles. The van der Waals surface area contributed by atoms with Gasteiger partial charge in [-0.2, -0.15) is 0 Å². The highest BCUT2D eigenvalue weighted by molar-refractivity contribution is 6.39. The Hall–Kier alpha value is -3.83. The van der Waals surface area contributed by atoms with Crippen molar-refractivity contribution < 1.29 is 62.6 Å². The molecule has 380 valence electrons. The molecular weight excluding hydrogens is 873 g/mol. The number of amides is 2. The van der Waals surface area contributed by atoms with E-state index in [0.29, 0.717) is 63.5 Å². The van der Waals surface area contributed by atoms with Gasteiger partial charge in [-0.15, -0.1) is 0 Å². The van der Waals surface area contributed by atoms with Gasteiger partial charge in [-0.1, -0.05) is 75.8 Å². The van der Waals surface area contributed by atoms with Crippen molar-refractivity contribution in [2.24, 2.45) is 29.6 Å². The van der Waals surface area contributed by atoms with Crippen LogP contribution in [-0.4, -0.2) is 145 Å². The normalized spacial score (nSPS) is 36.2. The Labute approximate surface area is 404 Å². The summed E-state index contributed by atoms with van der Waals surface area (Å²) < 4.78 is 36.5. The number of ether oxygens (including phenoxy) is 6.